The number of hydrogen-bond donors (Lipinski definition) is 2. The molecule has 2 N–H and O–H groups in total. The predicted octanol–water partition coefficient (Wildman–Crippen LogP) is 2.09. The Hall–Kier alpha value is -1.62. The van der Waals surface area contributed by atoms with Crippen molar-refractivity contribution < 1.29 is 10.0 Å². The van der Waals surface area contributed by atoms with Crippen LogP contribution in [0.1, 0.15) is 19.4 Å². The fraction of sp³-hybridized carbons (Fsp3) is 0.455. The van der Waals surface area contributed by atoms with Crippen molar-refractivity contribution in [3.63, 3.8) is 0 Å². The van der Waals surface area contributed by atoms with Gasteiger partial charge in [0.05, 0.1) is 10.5 Å². The lowest BCUT2D eigenvalue weighted by Gasteiger charge is -2.18. The molecule has 0 spiro atoms. The average Bonchev–Trinajstić information content (AvgIpc) is 2.12. The van der Waals surface area contributed by atoms with Gasteiger partial charge in [0.25, 0.3) is 5.69 Å². The molecule has 0 aliphatic carbocycles. The van der Waals surface area contributed by atoms with Crippen molar-refractivity contribution in [2.24, 2.45) is 0 Å². The first kappa shape index (κ1) is 12.4. The third kappa shape index (κ3) is 3.20. The molecule has 1 aromatic carbocycles. The van der Waals surface area contributed by atoms with E-state index in [1.54, 1.807) is 39.0 Å². The second-order valence-electron chi connectivity index (χ2n) is 4.39. The minimum Gasteiger partial charge on any atom is -0.389 e. The number of nitrogens with zero attached hydrogens (tertiary/aromatic N) is 1. The molecule has 0 heterocycles. The van der Waals surface area contributed by atoms with Crippen LogP contribution in [0.5, 0.6) is 0 Å². The largest absolute Gasteiger partial charge is 0.389 e. The molecule has 16 heavy (non-hydrogen) atoms. The number of nitrogens with one attached hydrogen (secondary N) is 1. The highest BCUT2D eigenvalue weighted by Crippen LogP contribution is 2.28. The molecule has 0 atom stereocenters. The molecule has 1 rings (SSSR count). The number of benzene rings is 1. The van der Waals surface area contributed by atoms with Crippen molar-refractivity contribution in [2.45, 2.75) is 26.4 Å². The molecule has 0 aromatic heterocycles. The van der Waals surface area contributed by atoms with E-state index in [2.05, 4.69) is 5.32 Å². The Labute approximate surface area is 94.3 Å². The quantitative estimate of drug-likeness (QED) is 0.606. The fourth-order valence-electron chi connectivity index (χ4n) is 1.36. The summed E-state index contributed by atoms with van der Waals surface area (Å²) in [5.41, 5.74) is 0.196. The minimum absolute atomic E-state index is 0.0618. The van der Waals surface area contributed by atoms with Gasteiger partial charge in [-0.3, -0.25) is 10.1 Å². The molecule has 0 aliphatic heterocycles. The van der Waals surface area contributed by atoms with Crippen LogP contribution in [0.3, 0.4) is 0 Å². The fourth-order valence-corrected chi connectivity index (χ4v) is 1.36. The van der Waals surface area contributed by atoms with E-state index in [0.29, 0.717) is 11.3 Å². The monoisotopic (exact) mass is 224 g/mol. The Morgan fingerprint density at radius 1 is 1.50 bits per heavy atom. The van der Waals surface area contributed by atoms with Gasteiger partial charge >= 0.3 is 0 Å². The van der Waals surface area contributed by atoms with Crippen LogP contribution in [-0.4, -0.2) is 22.2 Å². The normalized spacial score (nSPS) is 11.2. The third-order valence-electron chi connectivity index (χ3n) is 2.13. The van der Waals surface area contributed by atoms with E-state index in [9.17, 15) is 15.2 Å². The van der Waals surface area contributed by atoms with E-state index in [0.717, 1.165) is 0 Å². The molecule has 5 heteroatoms. The van der Waals surface area contributed by atoms with Crippen LogP contribution in [0, 0.1) is 17.0 Å². The first-order valence-corrected chi connectivity index (χ1v) is 5.01. The molecule has 0 amide bonds. The first-order chi connectivity index (χ1) is 7.31. The summed E-state index contributed by atoms with van der Waals surface area (Å²) in [6.07, 6.45) is 0. The molecule has 0 radical (unpaired) electrons. The number of aryl methyl sites for hydroxylation is 1. The predicted molar refractivity (Wildman–Crippen MR) is 62.6 cm³/mol. The van der Waals surface area contributed by atoms with Gasteiger partial charge in [-0.15, -0.1) is 0 Å². The Bertz CT molecular complexity index is 397. The lowest BCUT2D eigenvalue weighted by Crippen LogP contribution is -2.29. The standard InChI is InChI=1S/C11H16N2O3/c1-8-5-4-6-9(10(8)13(15)16)12-7-11(2,3)14/h4-6,12,14H,7H2,1-3H3. The van der Waals surface area contributed by atoms with Crippen molar-refractivity contribution in [1.82, 2.24) is 0 Å². The zero-order chi connectivity index (χ0) is 12.3. The van der Waals surface area contributed by atoms with E-state index < -0.39 is 10.5 Å². The molecular formula is C11H16N2O3. The van der Waals surface area contributed by atoms with Crippen molar-refractivity contribution in [3.05, 3.63) is 33.9 Å². The van der Waals surface area contributed by atoms with E-state index in [1.807, 2.05) is 0 Å². The minimum atomic E-state index is -0.905. The highest BCUT2D eigenvalue weighted by atomic mass is 16.6. The smallest absolute Gasteiger partial charge is 0.295 e. The van der Waals surface area contributed by atoms with Crippen molar-refractivity contribution in [1.29, 1.82) is 0 Å². The molecule has 0 unspecified atom stereocenters. The summed E-state index contributed by atoms with van der Waals surface area (Å²) >= 11 is 0. The van der Waals surface area contributed by atoms with Crippen molar-refractivity contribution >= 4 is 11.4 Å². The lowest BCUT2D eigenvalue weighted by molar-refractivity contribution is -0.384. The highest BCUT2D eigenvalue weighted by molar-refractivity contribution is 5.65. The Kier molecular flexibility index (Phi) is 3.49. The Balaban J connectivity index is 2.96. The number of nitro groups is 1. The van der Waals surface area contributed by atoms with Gasteiger partial charge in [-0.05, 0) is 26.8 Å². The van der Waals surface area contributed by atoms with Crippen LogP contribution in [0.2, 0.25) is 0 Å². The van der Waals surface area contributed by atoms with Gasteiger partial charge in [0.1, 0.15) is 5.69 Å². The summed E-state index contributed by atoms with van der Waals surface area (Å²) < 4.78 is 0. The Morgan fingerprint density at radius 2 is 2.12 bits per heavy atom. The second kappa shape index (κ2) is 4.49. The second-order valence-corrected chi connectivity index (χ2v) is 4.39. The SMILES string of the molecule is Cc1cccc(NCC(C)(C)O)c1[N+](=O)[O-]. The molecular weight excluding hydrogens is 208 g/mol. The van der Waals surface area contributed by atoms with Gasteiger partial charge < -0.3 is 10.4 Å². The molecule has 88 valence electrons. The van der Waals surface area contributed by atoms with Crippen molar-refractivity contribution in [2.75, 3.05) is 11.9 Å². The number of para-hydroxylation sites is 1. The van der Waals surface area contributed by atoms with Crippen LogP contribution < -0.4 is 5.32 Å². The molecule has 5 nitrogen and oxygen atoms in total. The van der Waals surface area contributed by atoms with Crippen LogP contribution in [-0.2, 0) is 0 Å². The van der Waals surface area contributed by atoms with E-state index in [1.165, 1.54) is 0 Å². The maximum absolute atomic E-state index is 10.9. The van der Waals surface area contributed by atoms with Crippen LogP contribution in [0.4, 0.5) is 11.4 Å². The molecule has 0 saturated heterocycles. The van der Waals surface area contributed by atoms with E-state index in [-0.39, 0.29) is 12.2 Å². The number of hydrogen-bond acceptors (Lipinski definition) is 4. The maximum atomic E-state index is 10.9. The maximum Gasteiger partial charge on any atom is 0.295 e. The third-order valence-corrected chi connectivity index (χ3v) is 2.13. The number of aliphatic hydroxyl groups is 1. The average molecular weight is 224 g/mol. The van der Waals surface area contributed by atoms with Crippen molar-refractivity contribution in [3.8, 4) is 0 Å². The Morgan fingerprint density at radius 3 is 2.62 bits per heavy atom. The number of nitro benzene ring substituents is 1. The number of anilines is 1. The van der Waals surface area contributed by atoms with Gasteiger partial charge in [0.2, 0.25) is 0 Å². The van der Waals surface area contributed by atoms with Gasteiger partial charge in [-0.1, -0.05) is 12.1 Å². The zero-order valence-corrected chi connectivity index (χ0v) is 9.65. The van der Waals surface area contributed by atoms with E-state index in [4.69, 9.17) is 0 Å². The zero-order valence-electron chi connectivity index (χ0n) is 9.65. The summed E-state index contributed by atoms with van der Waals surface area (Å²) in [7, 11) is 0. The summed E-state index contributed by atoms with van der Waals surface area (Å²) in [5, 5.41) is 23.3. The number of rotatable bonds is 4. The van der Waals surface area contributed by atoms with Crippen LogP contribution in [0.15, 0.2) is 18.2 Å². The summed E-state index contributed by atoms with van der Waals surface area (Å²) in [6.45, 7) is 5.23. The molecule has 0 bridgehead atoms. The van der Waals surface area contributed by atoms with E-state index >= 15 is 0 Å². The van der Waals surface area contributed by atoms with Crippen LogP contribution in [0.25, 0.3) is 0 Å². The highest BCUT2D eigenvalue weighted by Gasteiger charge is 2.19. The first-order valence-electron chi connectivity index (χ1n) is 5.01. The topological polar surface area (TPSA) is 75.4 Å². The molecule has 0 aliphatic rings. The molecule has 0 saturated carbocycles. The molecule has 1 aromatic rings. The summed E-state index contributed by atoms with van der Waals surface area (Å²) in [4.78, 5) is 10.5. The van der Waals surface area contributed by atoms with Gasteiger partial charge in [-0.25, -0.2) is 0 Å². The summed E-state index contributed by atoms with van der Waals surface area (Å²) in [5.74, 6) is 0. The lowest BCUT2D eigenvalue weighted by atomic mass is 10.1. The molecule has 0 fully saturated rings. The van der Waals surface area contributed by atoms with Crippen LogP contribution >= 0.6 is 0 Å². The van der Waals surface area contributed by atoms with Gasteiger partial charge in [0.15, 0.2) is 0 Å². The van der Waals surface area contributed by atoms with Gasteiger partial charge in [-0.2, -0.15) is 0 Å². The summed E-state index contributed by atoms with van der Waals surface area (Å²) in [6, 6.07) is 5.07. The van der Waals surface area contributed by atoms with Gasteiger partial charge in [0, 0.05) is 12.1 Å².